The van der Waals surface area contributed by atoms with E-state index in [1.807, 2.05) is 0 Å². The average Bonchev–Trinajstić information content (AvgIpc) is 2.16. The van der Waals surface area contributed by atoms with Crippen LogP contribution in [0.3, 0.4) is 0 Å². The Morgan fingerprint density at radius 3 is 2.62 bits per heavy atom. The molecule has 3 nitrogen and oxygen atoms in total. The van der Waals surface area contributed by atoms with Crippen LogP contribution in [0.1, 0.15) is 20.3 Å². The molecule has 90 valence electrons. The molecular formula is C11H16BrNO2S. The number of hydrogen-bond acceptors (Lipinski definition) is 2. The average molecular weight is 306 g/mol. The van der Waals surface area contributed by atoms with E-state index in [0.717, 1.165) is 10.9 Å². The van der Waals surface area contributed by atoms with E-state index < -0.39 is 10.0 Å². The van der Waals surface area contributed by atoms with Crippen LogP contribution in [0.2, 0.25) is 0 Å². The number of rotatable bonds is 5. The molecule has 0 aromatic heterocycles. The van der Waals surface area contributed by atoms with Crippen molar-refractivity contribution < 1.29 is 8.42 Å². The summed E-state index contributed by atoms with van der Waals surface area (Å²) in [6, 6.07) is 6.69. The van der Waals surface area contributed by atoms with Crippen molar-refractivity contribution in [2.75, 3.05) is 6.54 Å². The molecule has 0 heterocycles. The molecule has 0 aliphatic rings. The summed E-state index contributed by atoms with van der Waals surface area (Å²) in [5.74, 6) is 0.491. The smallest absolute Gasteiger partial charge is 0.211 e. The summed E-state index contributed by atoms with van der Waals surface area (Å²) in [5.41, 5.74) is 0. The summed E-state index contributed by atoms with van der Waals surface area (Å²) >= 11 is 3.25. The van der Waals surface area contributed by atoms with Crippen LogP contribution >= 0.6 is 15.9 Å². The number of nitrogens with one attached hydrogen (secondary N) is 1. The molecule has 0 saturated heterocycles. The summed E-state index contributed by atoms with van der Waals surface area (Å²) in [6.07, 6.45) is 0.841. The minimum atomic E-state index is -3.36. The van der Waals surface area contributed by atoms with Gasteiger partial charge in [0.05, 0.1) is 4.90 Å². The van der Waals surface area contributed by atoms with Gasteiger partial charge in [-0.05, 0) is 30.5 Å². The van der Waals surface area contributed by atoms with Crippen LogP contribution in [-0.2, 0) is 10.0 Å². The SMILES string of the molecule is CC(C)CCNS(=O)(=O)c1cccc(Br)c1. The first-order chi connectivity index (χ1) is 7.42. The molecule has 0 fully saturated rings. The van der Waals surface area contributed by atoms with E-state index in [0.29, 0.717) is 17.4 Å². The third-order valence-electron chi connectivity index (χ3n) is 2.12. The predicted molar refractivity (Wildman–Crippen MR) is 68.8 cm³/mol. The fourth-order valence-corrected chi connectivity index (χ4v) is 2.84. The number of halogens is 1. The predicted octanol–water partition coefficient (Wildman–Crippen LogP) is 2.77. The Morgan fingerprint density at radius 2 is 2.06 bits per heavy atom. The van der Waals surface area contributed by atoms with Crippen LogP contribution < -0.4 is 4.72 Å². The summed E-state index contributed by atoms with van der Waals surface area (Å²) < 4.78 is 27.0. The van der Waals surface area contributed by atoms with Gasteiger partial charge in [0.2, 0.25) is 10.0 Å². The molecule has 0 spiro atoms. The molecule has 0 radical (unpaired) electrons. The molecule has 1 rings (SSSR count). The van der Waals surface area contributed by atoms with Crippen molar-refractivity contribution in [2.24, 2.45) is 5.92 Å². The Balaban J connectivity index is 2.71. The third-order valence-corrected chi connectivity index (χ3v) is 4.07. The molecule has 0 aliphatic heterocycles. The van der Waals surface area contributed by atoms with Gasteiger partial charge < -0.3 is 0 Å². The van der Waals surface area contributed by atoms with E-state index in [9.17, 15) is 8.42 Å². The highest BCUT2D eigenvalue weighted by atomic mass is 79.9. The maximum atomic E-state index is 11.8. The Hall–Kier alpha value is -0.390. The maximum absolute atomic E-state index is 11.8. The first-order valence-electron chi connectivity index (χ1n) is 5.17. The van der Waals surface area contributed by atoms with Gasteiger partial charge in [-0.15, -0.1) is 0 Å². The van der Waals surface area contributed by atoms with E-state index in [-0.39, 0.29) is 0 Å². The maximum Gasteiger partial charge on any atom is 0.240 e. The summed E-state index contributed by atoms with van der Waals surface area (Å²) in [7, 11) is -3.36. The fraction of sp³-hybridized carbons (Fsp3) is 0.455. The van der Waals surface area contributed by atoms with Crippen LogP contribution in [0.15, 0.2) is 33.6 Å². The quantitative estimate of drug-likeness (QED) is 0.909. The van der Waals surface area contributed by atoms with Gasteiger partial charge in [0.25, 0.3) is 0 Å². The molecular weight excluding hydrogens is 290 g/mol. The van der Waals surface area contributed by atoms with Gasteiger partial charge in [0, 0.05) is 11.0 Å². The van der Waals surface area contributed by atoms with E-state index >= 15 is 0 Å². The summed E-state index contributed by atoms with van der Waals surface area (Å²) in [6.45, 7) is 4.60. The second-order valence-corrected chi connectivity index (χ2v) is 6.72. The molecule has 5 heteroatoms. The lowest BCUT2D eigenvalue weighted by atomic mass is 10.1. The standard InChI is InChI=1S/C11H16BrNO2S/c1-9(2)6-7-13-16(14,15)11-5-3-4-10(12)8-11/h3-5,8-9,13H,6-7H2,1-2H3. The summed E-state index contributed by atoms with van der Waals surface area (Å²) in [4.78, 5) is 0.297. The van der Waals surface area contributed by atoms with Gasteiger partial charge in [-0.25, -0.2) is 13.1 Å². The third kappa shape index (κ3) is 4.23. The molecule has 0 unspecified atom stereocenters. The highest BCUT2D eigenvalue weighted by molar-refractivity contribution is 9.10. The second-order valence-electron chi connectivity index (χ2n) is 4.04. The molecule has 1 N–H and O–H groups in total. The van der Waals surface area contributed by atoms with Crippen LogP contribution in [0.25, 0.3) is 0 Å². The van der Waals surface area contributed by atoms with Crippen molar-refractivity contribution in [1.29, 1.82) is 0 Å². The topological polar surface area (TPSA) is 46.2 Å². The molecule has 0 saturated carbocycles. The Bertz CT molecular complexity index is 443. The molecule has 0 atom stereocenters. The summed E-state index contributed by atoms with van der Waals surface area (Å²) in [5, 5.41) is 0. The zero-order valence-electron chi connectivity index (χ0n) is 9.40. The zero-order valence-corrected chi connectivity index (χ0v) is 11.8. The number of hydrogen-bond donors (Lipinski definition) is 1. The van der Waals surface area contributed by atoms with Crippen LogP contribution in [0.4, 0.5) is 0 Å². The number of sulfonamides is 1. The molecule has 1 aromatic carbocycles. The normalized spacial score (nSPS) is 12.0. The van der Waals surface area contributed by atoms with Gasteiger partial charge in [0.15, 0.2) is 0 Å². The van der Waals surface area contributed by atoms with Crippen molar-refractivity contribution in [3.05, 3.63) is 28.7 Å². The molecule has 1 aromatic rings. The first kappa shape index (κ1) is 13.7. The van der Waals surface area contributed by atoms with Crippen LogP contribution in [0.5, 0.6) is 0 Å². The van der Waals surface area contributed by atoms with Crippen molar-refractivity contribution in [3.8, 4) is 0 Å². The molecule has 0 aliphatic carbocycles. The fourth-order valence-electron chi connectivity index (χ4n) is 1.20. The van der Waals surface area contributed by atoms with E-state index in [1.165, 1.54) is 0 Å². The van der Waals surface area contributed by atoms with Crippen molar-refractivity contribution >= 4 is 26.0 Å². The van der Waals surface area contributed by atoms with Gasteiger partial charge in [0.1, 0.15) is 0 Å². The zero-order chi connectivity index (χ0) is 12.2. The monoisotopic (exact) mass is 305 g/mol. The van der Waals surface area contributed by atoms with Gasteiger partial charge in [-0.3, -0.25) is 0 Å². The highest BCUT2D eigenvalue weighted by Crippen LogP contribution is 2.15. The number of benzene rings is 1. The van der Waals surface area contributed by atoms with Crippen LogP contribution in [0, 0.1) is 5.92 Å². The van der Waals surface area contributed by atoms with Gasteiger partial charge in [-0.2, -0.15) is 0 Å². The van der Waals surface area contributed by atoms with Gasteiger partial charge >= 0.3 is 0 Å². The van der Waals surface area contributed by atoms with Gasteiger partial charge in [-0.1, -0.05) is 35.8 Å². The van der Waals surface area contributed by atoms with E-state index in [1.54, 1.807) is 24.3 Å². The highest BCUT2D eigenvalue weighted by Gasteiger charge is 2.13. The Morgan fingerprint density at radius 1 is 1.38 bits per heavy atom. The van der Waals surface area contributed by atoms with E-state index in [2.05, 4.69) is 34.5 Å². The molecule has 0 bridgehead atoms. The minimum Gasteiger partial charge on any atom is -0.211 e. The van der Waals surface area contributed by atoms with Crippen molar-refractivity contribution in [1.82, 2.24) is 4.72 Å². The largest absolute Gasteiger partial charge is 0.240 e. The lowest BCUT2D eigenvalue weighted by Gasteiger charge is -2.08. The van der Waals surface area contributed by atoms with Crippen molar-refractivity contribution in [2.45, 2.75) is 25.2 Å². The lowest BCUT2D eigenvalue weighted by molar-refractivity contribution is 0.551. The Labute approximate surface area is 105 Å². The van der Waals surface area contributed by atoms with Crippen LogP contribution in [-0.4, -0.2) is 15.0 Å². The Kier molecular flexibility index (Phi) is 4.95. The van der Waals surface area contributed by atoms with E-state index in [4.69, 9.17) is 0 Å². The lowest BCUT2D eigenvalue weighted by Crippen LogP contribution is -2.25. The first-order valence-corrected chi connectivity index (χ1v) is 7.44. The molecule has 16 heavy (non-hydrogen) atoms. The second kappa shape index (κ2) is 5.80. The molecule has 0 amide bonds. The van der Waals surface area contributed by atoms with Crippen molar-refractivity contribution in [3.63, 3.8) is 0 Å². The minimum absolute atomic E-state index is 0.297.